The van der Waals surface area contributed by atoms with E-state index in [1.807, 2.05) is 0 Å². The quantitative estimate of drug-likeness (QED) is 0.269. The van der Waals surface area contributed by atoms with Gasteiger partial charge in [-0.25, -0.2) is 0 Å². The molecule has 1 N–H and O–H groups in total. The summed E-state index contributed by atoms with van der Waals surface area (Å²) in [6.45, 7) is 10.3. The van der Waals surface area contributed by atoms with Crippen molar-refractivity contribution in [3.63, 3.8) is 0 Å². The van der Waals surface area contributed by atoms with Crippen molar-refractivity contribution in [1.29, 1.82) is 0 Å². The first-order chi connectivity index (χ1) is 13.3. The van der Waals surface area contributed by atoms with Gasteiger partial charge in [0.15, 0.2) is 0 Å². The first kappa shape index (κ1) is 26.8. The van der Waals surface area contributed by atoms with E-state index in [1.54, 1.807) is 0 Å². The molecule has 1 atom stereocenters. The Morgan fingerprint density at radius 3 is 1.56 bits per heavy atom. The Morgan fingerprint density at radius 2 is 1.04 bits per heavy atom. The Balaban J connectivity index is 3.09. The highest BCUT2D eigenvalue weighted by molar-refractivity contribution is 4.53. The lowest BCUT2D eigenvalue weighted by atomic mass is 10.0. The zero-order valence-corrected chi connectivity index (χ0v) is 17.8. The van der Waals surface area contributed by atoms with Crippen molar-refractivity contribution in [3.8, 4) is 0 Å². The zero-order chi connectivity index (χ0) is 19.8. The Hall–Kier alpha value is -0.240. The maximum absolute atomic E-state index is 8.54. The normalized spacial score (nSPS) is 12.6. The average molecular weight is 393 g/mol. The molecule has 0 heterocycles. The Labute approximate surface area is 166 Å². The van der Waals surface area contributed by atoms with Crippen molar-refractivity contribution in [1.82, 2.24) is 0 Å². The third-order valence-corrected chi connectivity index (χ3v) is 4.18. The number of aliphatic hydroxyl groups is 1. The van der Waals surface area contributed by atoms with Gasteiger partial charge in [-0.15, -0.1) is 0 Å². The molecule has 27 heavy (non-hydrogen) atoms. The van der Waals surface area contributed by atoms with Crippen molar-refractivity contribution in [2.24, 2.45) is 5.92 Å². The van der Waals surface area contributed by atoms with E-state index in [-0.39, 0.29) is 6.61 Å². The van der Waals surface area contributed by atoms with Gasteiger partial charge in [-0.1, -0.05) is 52.4 Å². The third-order valence-electron chi connectivity index (χ3n) is 4.18. The van der Waals surface area contributed by atoms with Crippen LogP contribution < -0.4 is 0 Å². The third kappa shape index (κ3) is 23.7. The first-order valence-corrected chi connectivity index (χ1v) is 10.8. The second kappa shape index (κ2) is 23.8. The minimum Gasteiger partial charge on any atom is -0.394 e. The van der Waals surface area contributed by atoms with E-state index in [9.17, 15) is 0 Å². The maximum Gasteiger partial charge on any atom is 0.0701 e. The Kier molecular flexibility index (Phi) is 23.6. The number of rotatable bonds is 23. The summed E-state index contributed by atoms with van der Waals surface area (Å²) in [5.74, 6) is 0.633. The van der Waals surface area contributed by atoms with Crippen molar-refractivity contribution < 1.29 is 28.8 Å². The van der Waals surface area contributed by atoms with Crippen molar-refractivity contribution in [2.45, 2.75) is 58.8 Å². The fraction of sp³-hybridized carbons (Fsp3) is 1.00. The van der Waals surface area contributed by atoms with Crippen LogP contribution in [0.5, 0.6) is 0 Å². The van der Waals surface area contributed by atoms with Crippen LogP contribution in [0.25, 0.3) is 0 Å². The summed E-state index contributed by atoms with van der Waals surface area (Å²) in [7, 11) is 0. The summed E-state index contributed by atoms with van der Waals surface area (Å²) < 4.78 is 27.0. The molecule has 0 rings (SSSR count). The van der Waals surface area contributed by atoms with E-state index in [2.05, 4.69) is 13.8 Å². The fourth-order valence-corrected chi connectivity index (χ4v) is 2.59. The van der Waals surface area contributed by atoms with Gasteiger partial charge in [0.1, 0.15) is 0 Å². The highest BCUT2D eigenvalue weighted by Crippen LogP contribution is 2.12. The first-order valence-electron chi connectivity index (χ1n) is 10.8. The summed E-state index contributed by atoms with van der Waals surface area (Å²) in [5.41, 5.74) is 0. The number of ether oxygens (including phenoxy) is 5. The maximum atomic E-state index is 8.54. The molecule has 0 amide bonds. The molecule has 0 radical (unpaired) electrons. The van der Waals surface area contributed by atoms with E-state index < -0.39 is 0 Å². The van der Waals surface area contributed by atoms with Crippen LogP contribution in [0, 0.1) is 5.92 Å². The molecule has 0 saturated heterocycles. The second-order valence-corrected chi connectivity index (χ2v) is 6.91. The monoisotopic (exact) mass is 392 g/mol. The molecular formula is C21H44O6. The lowest BCUT2D eigenvalue weighted by Crippen LogP contribution is -2.14. The minimum atomic E-state index is 0.0480. The lowest BCUT2D eigenvalue weighted by Gasteiger charge is -2.12. The van der Waals surface area contributed by atoms with E-state index in [1.165, 1.54) is 44.9 Å². The van der Waals surface area contributed by atoms with Crippen LogP contribution in [0.2, 0.25) is 0 Å². The molecule has 6 heteroatoms. The number of aliphatic hydroxyl groups excluding tert-OH is 1. The van der Waals surface area contributed by atoms with Crippen molar-refractivity contribution >= 4 is 0 Å². The fourth-order valence-electron chi connectivity index (χ4n) is 2.59. The van der Waals surface area contributed by atoms with Gasteiger partial charge in [-0.2, -0.15) is 0 Å². The Morgan fingerprint density at radius 1 is 0.593 bits per heavy atom. The largest absolute Gasteiger partial charge is 0.394 e. The van der Waals surface area contributed by atoms with Gasteiger partial charge in [-0.05, 0) is 12.3 Å². The molecule has 0 aromatic carbocycles. The molecule has 0 aromatic rings. The van der Waals surface area contributed by atoms with Gasteiger partial charge >= 0.3 is 0 Å². The molecule has 0 fully saturated rings. The van der Waals surface area contributed by atoms with Gasteiger partial charge in [0.25, 0.3) is 0 Å². The number of unbranched alkanes of at least 4 members (excludes halogenated alkanes) is 5. The zero-order valence-electron chi connectivity index (χ0n) is 17.8. The molecule has 0 aromatic heterocycles. The van der Waals surface area contributed by atoms with Crippen LogP contribution >= 0.6 is 0 Å². The van der Waals surface area contributed by atoms with Gasteiger partial charge in [-0.3, -0.25) is 0 Å². The summed E-state index contributed by atoms with van der Waals surface area (Å²) in [6.07, 6.45) is 9.39. The molecule has 0 aliphatic rings. The summed E-state index contributed by atoms with van der Waals surface area (Å²) in [5, 5.41) is 8.54. The van der Waals surface area contributed by atoms with Gasteiger partial charge in [0.2, 0.25) is 0 Å². The molecule has 6 nitrogen and oxygen atoms in total. The number of hydrogen-bond donors (Lipinski definition) is 1. The van der Waals surface area contributed by atoms with Crippen LogP contribution in [0.1, 0.15) is 58.8 Å². The topological polar surface area (TPSA) is 66.4 Å². The number of hydrogen-bond acceptors (Lipinski definition) is 6. The van der Waals surface area contributed by atoms with Gasteiger partial charge in [0.05, 0.1) is 66.1 Å². The van der Waals surface area contributed by atoms with E-state index in [0.717, 1.165) is 6.61 Å². The highest BCUT2D eigenvalue weighted by atomic mass is 16.6. The Bertz CT molecular complexity index is 265. The SMILES string of the molecule is CCCCCCCCC(C)COCCOCCOCCOCCOCCO. The predicted molar refractivity (Wildman–Crippen MR) is 108 cm³/mol. The molecule has 164 valence electrons. The minimum absolute atomic E-state index is 0.0480. The second-order valence-electron chi connectivity index (χ2n) is 6.91. The summed E-state index contributed by atoms with van der Waals surface area (Å²) in [4.78, 5) is 0. The van der Waals surface area contributed by atoms with Crippen molar-refractivity contribution in [2.75, 3.05) is 72.7 Å². The van der Waals surface area contributed by atoms with Crippen LogP contribution in [-0.4, -0.2) is 77.8 Å². The van der Waals surface area contributed by atoms with Crippen molar-refractivity contribution in [3.05, 3.63) is 0 Å². The average Bonchev–Trinajstić information content (AvgIpc) is 2.67. The van der Waals surface area contributed by atoms with Crippen LogP contribution in [0.3, 0.4) is 0 Å². The smallest absolute Gasteiger partial charge is 0.0701 e. The molecule has 0 saturated carbocycles. The summed E-state index contributed by atoms with van der Waals surface area (Å²) >= 11 is 0. The van der Waals surface area contributed by atoms with Crippen LogP contribution in [0.4, 0.5) is 0 Å². The predicted octanol–water partition coefficient (Wildman–Crippen LogP) is 3.45. The van der Waals surface area contributed by atoms with Gasteiger partial charge < -0.3 is 28.8 Å². The molecule has 0 spiro atoms. The van der Waals surface area contributed by atoms with E-state index >= 15 is 0 Å². The van der Waals surface area contributed by atoms with Crippen LogP contribution in [0.15, 0.2) is 0 Å². The standard InChI is InChI=1S/C21H44O6/c1-3-4-5-6-7-8-9-21(2)20-27-19-18-26-17-16-25-15-14-24-13-12-23-11-10-22/h21-22H,3-20H2,1-2H3. The summed E-state index contributed by atoms with van der Waals surface area (Å²) in [6, 6.07) is 0. The highest BCUT2D eigenvalue weighted by Gasteiger charge is 2.02. The lowest BCUT2D eigenvalue weighted by molar-refractivity contribution is -0.0152. The molecular weight excluding hydrogens is 348 g/mol. The van der Waals surface area contributed by atoms with Gasteiger partial charge in [0, 0.05) is 6.61 Å². The molecule has 0 aliphatic heterocycles. The molecule has 0 bridgehead atoms. The van der Waals surface area contributed by atoms with E-state index in [4.69, 9.17) is 28.8 Å². The van der Waals surface area contributed by atoms with E-state index in [0.29, 0.717) is 65.4 Å². The van der Waals surface area contributed by atoms with Crippen LogP contribution in [-0.2, 0) is 23.7 Å². The molecule has 0 aliphatic carbocycles. The molecule has 1 unspecified atom stereocenters.